The van der Waals surface area contributed by atoms with E-state index in [1.807, 2.05) is 6.07 Å². The first-order chi connectivity index (χ1) is 9.08. The Hall–Kier alpha value is -0.930. The molecule has 0 fully saturated rings. The van der Waals surface area contributed by atoms with Crippen molar-refractivity contribution in [2.24, 2.45) is 0 Å². The monoisotopic (exact) mass is 315 g/mol. The van der Waals surface area contributed by atoms with E-state index in [-0.39, 0.29) is 0 Å². The first kappa shape index (κ1) is 14.5. The van der Waals surface area contributed by atoms with Crippen molar-refractivity contribution < 1.29 is 5.11 Å². The summed E-state index contributed by atoms with van der Waals surface area (Å²) in [6, 6.07) is 12.4. The standard InChI is InChI=1S/C14H12Cl3NO/c15-10-6-4-9(5-7-10)13(19)8-18-12-3-1-2-11(16)14(12)17/h1-7,13,18-19H,8H2. The van der Waals surface area contributed by atoms with Crippen molar-refractivity contribution in [2.45, 2.75) is 6.10 Å². The smallest absolute Gasteiger partial charge is 0.0962 e. The van der Waals surface area contributed by atoms with Crippen LogP contribution in [0.4, 0.5) is 5.69 Å². The zero-order valence-corrected chi connectivity index (χ0v) is 12.2. The van der Waals surface area contributed by atoms with E-state index in [1.165, 1.54) is 0 Å². The highest BCUT2D eigenvalue weighted by molar-refractivity contribution is 6.43. The maximum absolute atomic E-state index is 10.1. The summed E-state index contributed by atoms with van der Waals surface area (Å²) in [4.78, 5) is 0. The summed E-state index contributed by atoms with van der Waals surface area (Å²) in [5.41, 5.74) is 1.48. The second kappa shape index (κ2) is 6.49. The second-order valence-electron chi connectivity index (χ2n) is 4.05. The Morgan fingerprint density at radius 3 is 2.37 bits per heavy atom. The van der Waals surface area contributed by atoms with Gasteiger partial charge in [0.15, 0.2) is 0 Å². The van der Waals surface area contributed by atoms with Gasteiger partial charge >= 0.3 is 0 Å². The van der Waals surface area contributed by atoms with Crippen LogP contribution in [0.3, 0.4) is 0 Å². The van der Waals surface area contributed by atoms with Gasteiger partial charge in [0.05, 0.1) is 21.8 Å². The molecule has 2 aromatic carbocycles. The van der Waals surface area contributed by atoms with E-state index in [4.69, 9.17) is 34.8 Å². The highest BCUT2D eigenvalue weighted by Gasteiger charge is 2.09. The van der Waals surface area contributed by atoms with Gasteiger partial charge in [-0.3, -0.25) is 0 Å². The lowest BCUT2D eigenvalue weighted by molar-refractivity contribution is 0.191. The molecule has 2 nitrogen and oxygen atoms in total. The van der Waals surface area contributed by atoms with Gasteiger partial charge in [0.1, 0.15) is 0 Å². The molecule has 1 unspecified atom stereocenters. The van der Waals surface area contributed by atoms with Crippen molar-refractivity contribution in [2.75, 3.05) is 11.9 Å². The van der Waals surface area contributed by atoms with Crippen LogP contribution in [-0.2, 0) is 0 Å². The van der Waals surface area contributed by atoms with Gasteiger partial charge in [-0.05, 0) is 29.8 Å². The largest absolute Gasteiger partial charge is 0.387 e. The van der Waals surface area contributed by atoms with Crippen molar-refractivity contribution in [3.8, 4) is 0 Å². The van der Waals surface area contributed by atoms with Crippen molar-refractivity contribution in [1.82, 2.24) is 0 Å². The van der Waals surface area contributed by atoms with Crippen LogP contribution in [0.1, 0.15) is 11.7 Å². The molecule has 0 aliphatic rings. The van der Waals surface area contributed by atoms with E-state index < -0.39 is 6.10 Å². The molecule has 0 radical (unpaired) electrons. The SMILES string of the molecule is OC(CNc1cccc(Cl)c1Cl)c1ccc(Cl)cc1. The lowest BCUT2D eigenvalue weighted by Gasteiger charge is -2.14. The third kappa shape index (κ3) is 3.77. The molecule has 0 amide bonds. The Labute approximate surface area is 126 Å². The van der Waals surface area contributed by atoms with Gasteiger partial charge in [0.25, 0.3) is 0 Å². The zero-order valence-electron chi connectivity index (χ0n) is 9.91. The number of benzene rings is 2. The minimum Gasteiger partial charge on any atom is -0.387 e. The molecule has 0 saturated heterocycles. The summed E-state index contributed by atoms with van der Waals surface area (Å²) in [5, 5.41) is 14.7. The summed E-state index contributed by atoms with van der Waals surface area (Å²) >= 11 is 17.8. The van der Waals surface area contributed by atoms with Crippen LogP contribution < -0.4 is 5.32 Å². The van der Waals surface area contributed by atoms with Crippen molar-refractivity contribution in [3.63, 3.8) is 0 Å². The predicted octanol–water partition coefficient (Wildman–Crippen LogP) is 4.79. The lowest BCUT2D eigenvalue weighted by Crippen LogP contribution is -2.12. The minimum atomic E-state index is -0.646. The molecule has 0 aliphatic carbocycles. The van der Waals surface area contributed by atoms with Crippen LogP contribution in [0.25, 0.3) is 0 Å². The number of nitrogens with one attached hydrogen (secondary N) is 1. The van der Waals surface area contributed by atoms with Gasteiger partial charge in [-0.2, -0.15) is 0 Å². The molecule has 0 bridgehead atoms. The number of anilines is 1. The van der Waals surface area contributed by atoms with E-state index in [0.29, 0.717) is 27.3 Å². The molecule has 5 heteroatoms. The average Bonchev–Trinajstić information content (AvgIpc) is 2.41. The Morgan fingerprint density at radius 1 is 1.00 bits per heavy atom. The van der Waals surface area contributed by atoms with Crippen LogP contribution in [0.5, 0.6) is 0 Å². The maximum atomic E-state index is 10.1. The Bertz CT molecular complexity index is 557. The van der Waals surface area contributed by atoms with Crippen LogP contribution in [-0.4, -0.2) is 11.7 Å². The molecular weight excluding hydrogens is 305 g/mol. The van der Waals surface area contributed by atoms with Gasteiger partial charge in [0.2, 0.25) is 0 Å². The molecule has 2 aromatic rings. The number of hydrogen-bond donors (Lipinski definition) is 2. The molecule has 100 valence electrons. The quantitative estimate of drug-likeness (QED) is 0.850. The zero-order chi connectivity index (χ0) is 13.8. The predicted molar refractivity (Wildman–Crippen MR) is 81.4 cm³/mol. The molecule has 2 rings (SSSR count). The fourth-order valence-corrected chi connectivity index (χ4v) is 2.14. The van der Waals surface area contributed by atoms with Crippen molar-refractivity contribution >= 4 is 40.5 Å². The highest BCUT2D eigenvalue weighted by atomic mass is 35.5. The van der Waals surface area contributed by atoms with Crippen molar-refractivity contribution in [1.29, 1.82) is 0 Å². The summed E-state index contributed by atoms with van der Waals surface area (Å²) in [5.74, 6) is 0. The van der Waals surface area contributed by atoms with Gasteiger partial charge in [-0.15, -0.1) is 0 Å². The van der Waals surface area contributed by atoms with E-state index in [1.54, 1.807) is 36.4 Å². The lowest BCUT2D eigenvalue weighted by atomic mass is 10.1. The summed E-state index contributed by atoms with van der Waals surface area (Å²) in [6.45, 7) is 0.335. The fourth-order valence-electron chi connectivity index (χ4n) is 1.65. The topological polar surface area (TPSA) is 32.3 Å². The van der Waals surface area contributed by atoms with Crippen LogP contribution in [0.15, 0.2) is 42.5 Å². The number of hydrogen-bond acceptors (Lipinski definition) is 2. The van der Waals surface area contributed by atoms with Crippen LogP contribution >= 0.6 is 34.8 Å². The Kier molecular flexibility index (Phi) is 4.94. The Morgan fingerprint density at radius 2 is 1.68 bits per heavy atom. The van der Waals surface area contributed by atoms with Crippen molar-refractivity contribution in [3.05, 3.63) is 63.1 Å². The molecule has 0 heterocycles. The molecule has 19 heavy (non-hydrogen) atoms. The maximum Gasteiger partial charge on any atom is 0.0962 e. The third-order valence-electron chi connectivity index (χ3n) is 2.69. The summed E-state index contributed by atoms with van der Waals surface area (Å²) in [7, 11) is 0. The first-order valence-corrected chi connectivity index (χ1v) is 6.82. The molecule has 0 saturated carbocycles. The van der Waals surface area contributed by atoms with Crippen LogP contribution in [0, 0.1) is 0 Å². The molecule has 0 spiro atoms. The van der Waals surface area contributed by atoms with E-state index in [0.717, 1.165) is 5.56 Å². The normalized spacial score (nSPS) is 12.2. The van der Waals surface area contributed by atoms with Gasteiger partial charge in [-0.25, -0.2) is 0 Å². The fraction of sp³-hybridized carbons (Fsp3) is 0.143. The Balaban J connectivity index is 2.02. The highest BCUT2D eigenvalue weighted by Crippen LogP contribution is 2.30. The van der Waals surface area contributed by atoms with E-state index >= 15 is 0 Å². The first-order valence-electron chi connectivity index (χ1n) is 5.69. The summed E-state index contributed by atoms with van der Waals surface area (Å²) in [6.07, 6.45) is -0.646. The van der Waals surface area contributed by atoms with Gasteiger partial charge in [-0.1, -0.05) is 53.0 Å². The summed E-state index contributed by atoms with van der Waals surface area (Å²) < 4.78 is 0. The molecule has 0 aromatic heterocycles. The molecule has 0 aliphatic heterocycles. The molecular formula is C14H12Cl3NO. The van der Waals surface area contributed by atoms with Crippen LogP contribution in [0.2, 0.25) is 15.1 Å². The average molecular weight is 317 g/mol. The molecule has 1 atom stereocenters. The number of halogens is 3. The minimum absolute atomic E-state index is 0.335. The van der Waals surface area contributed by atoms with E-state index in [2.05, 4.69) is 5.32 Å². The number of aliphatic hydroxyl groups is 1. The second-order valence-corrected chi connectivity index (χ2v) is 5.27. The van der Waals surface area contributed by atoms with Gasteiger partial charge < -0.3 is 10.4 Å². The van der Waals surface area contributed by atoms with E-state index in [9.17, 15) is 5.11 Å². The molecule has 2 N–H and O–H groups in total. The van der Waals surface area contributed by atoms with Gasteiger partial charge in [0, 0.05) is 11.6 Å². The number of rotatable bonds is 4. The third-order valence-corrected chi connectivity index (χ3v) is 3.76. The number of aliphatic hydroxyl groups excluding tert-OH is 1.